The number of alkyl halides is 2. The molecule has 4 rings (SSSR count). The minimum atomic E-state index is -2.85. The van der Waals surface area contributed by atoms with Crippen molar-refractivity contribution in [1.82, 2.24) is 14.9 Å². The predicted molar refractivity (Wildman–Crippen MR) is 128 cm³/mol. The third-order valence-electron chi connectivity index (χ3n) is 5.72. The van der Waals surface area contributed by atoms with E-state index in [-0.39, 0.29) is 26.0 Å². The maximum absolute atomic E-state index is 14.4. The van der Waals surface area contributed by atoms with E-state index in [0.29, 0.717) is 17.9 Å². The van der Waals surface area contributed by atoms with Gasteiger partial charge in [-0.15, -0.1) is 0 Å². The van der Waals surface area contributed by atoms with E-state index in [4.69, 9.17) is 9.53 Å². The second-order valence-electron chi connectivity index (χ2n) is 8.12. The molecule has 1 saturated heterocycles. The van der Waals surface area contributed by atoms with Crippen LogP contribution in [0.5, 0.6) is 0 Å². The Kier molecular flexibility index (Phi) is 8.77. The van der Waals surface area contributed by atoms with Crippen molar-refractivity contribution in [3.63, 3.8) is 0 Å². The van der Waals surface area contributed by atoms with Gasteiger partial charge in [-0.2, -0.15) is 0 Å². The van der Waals surface area contributed by atoms with Crippen LogP contribution in [0.15, 0.2) is 60.9 Å². The van der Waals surface area contributed by atoms with Crippen molar-refractivity contribution in [2.45, 2.75) is 44.9 Å². The smallest absolute Gasteiger partial charge is 0.410 e. The lowest BCUT2D eigenvalue weighted by atomic mass is 9.90. The van der Waals surface area contributed by atoms with Gasteiger partial charge in [0.05, 0.1) is 18.1 Å². The number of H-pyrrole nitrogens is 1. The monoisotopic (exact) mass is 485 g/mol. The first-order valence-electron chi connectivity index (χ1n) is 11.2. The Morgan fingerprint density at radius 3 is 2.63 bits per heavy atom. The van der Waals surface area contributed by atoms with Crippen molar-refractivity contribution < 1.29 is 23.1 Å². The number of piperidine rings is 1. The van der Waals surface area contributed by atoms with Crippen LogP contribution in [0.2, 0.25) is 0 Å². The van der Waals surface area contributed by atoms with Crippen LogP contribution in [0.1, 0.15) is 41.3 Å². The Labute approximate surface area is 202 Å². The van der Waals surface area contributed by atoms with Crippen LogP contribution in [0.25, 0.3) is 0 Å². The number of aryl methyl sites for hydroxylation is 1. The normalized spacial score (nSPS) is 16.5. The van der Waals surface area contributed by atoms with Gasteiger partial charge in [0.15, 0.2) is 0 Å². The van der Waals surface area contributed by atoms with Gasteiger partial charge in [0, 0.05) is 25.9 Å². The third kappa shape index (κ3) is 7.02. The quantitative estimate of drug-likeness (QED) is 0.444. The summed E-state index contributed by atoms with van der Waals surface area (Å²) in [5, 5.41) is 3.24. The average Bonchev–Trinajstić information content (AvgIpc) is 3.26. The molecule has 4 N–H and O–H groups in total. The number of likely N-dealkylation sites (tertiary alicyclic amines) is 1. The SMILES string of the molecule is Cc1[nH]cnc1NCc1ccccc1C1CC(F)(F)CCN1C(=O)OCc1ccccc1.NC=O. The van der Waals surface area contributed by atoms with Gasteiger partial charge in [0.1, 0.15) is 12.4 Å². The molecule has 1 aliphatic heterocycles. The number of amides is 2. The van der Waals surface area contributed by atoms with E-state index in [1.807, 2.05) is 49.4 Å². The van der Waals surface area contributed by atoms with E-state index in [9.17, 15) is 13.6 Å². The van der Waals surface area contributed by atoms with Gasteiger partial charge in [0.2, 0.25) is 6.41 Å². The van der Waals surface area contributed by atoms with Crippen molar-refractivity contribution in [2.24, 2.45) is 5.73 Å². The number of anilines is 1. The van der Waals surface area contributed by atoms with Gasteiger partial charge >= 0.3 is 6.09 Å². The molecule has 0 saturated carbocycles. The lowest BCUT2D eigenvalue weighted by Gasteiger charge is -2.39. The van der Waals surface area contributed by atoms with Gasteiger partial charge < -0.3 is 25.7 Å². The Morgan fingerprint density at radius 1 is 1.26 bits per heavy atom. The summed E-state index contributed by atoms with van der Waals surface area (Å²) < 4.78 is 34.3. The van der Waals surface area contributed by atoms with E-state index in [1.54, 1.807) is 18.5 Å². The molecule has 3 aromatic rings. The van der Waals surface area contributed by atoms with Crippen LogP contribution in [0.4, 0.5) is 19.4 Å². The topological polar surface area (TPSA) is 113 Å². The number of carbonyl (C=O) groups is 2. The highest BCUT2D eigenvalue weighted by molar-refractivity contribution is 5.69. The lowest BCUT2D eigenvalue weighted by molar-refractivity contribution is -0.106. The average molecular weight is 486 g/mol. The maximum atomic E-state index is 14.4. The number of halogens is 2. The second-order valence-corrected chi connectivity index (χ2v) is 8.12. The summed E-state index contributed by atoms with van der Waals surface area (Å²) in [6.45, 7) is 2.33. The molecule has 186 valence electrons. The van der Waals surface area contributed by atoms with E-state index in [0.717, 1.165) is 16.8 Å². The fourth-order valence-corrected chi connectivity index (χ4v) is 3.97. The highest BCUT2D eigenvalue weighted by atomic mass is 19.3. The summed E-state index contributed by atoms with van der Waals surface area (Å²) in [6, 6.07) is 15.9. The zero-order valence-electron chi connectivity index (χ0n) is 19.4. The summed E-state index contributed by atoms with van der Waals surface area (Å²) in [5.74, 6) is -2.15. The van der Waals surface area contributed by atoms with E-state index < -0.39 is 24.5 Å². The number of aromatic amines is 1. The van der Waals surface area contributed by atoms with E-state index >= 15 is 0 Å². The van der Waals surface area contributed by atoms with E-state index in [1.165, 1.54) is 4.90 Å². The maximum Gasteiger partial charge on any atom is 0.410 e. The minimum absolute atomic E-state index is 0.0640. The number of nitrogens with two attached hydrogens (primary N) is 1. The van der Waals surface area contributed by atoms with Crippen molar-refractivity contribution in [2.75, 3.05) is 11.9 Å². The molecule has 10 heteroatoms. The van der Waals surface area contributed by atoms with Crippen LogP contribution in [0, 0.1) is 6.92 Å². The van der Waals surface area contributed by atoms with Crippen molar-refractivity contribution in [1.29, 1.82) is 0 Å². The molecule has 1 fully saturated rings. The van der Waals surface area contributed by atoms with Gasteiger partial charge in [-0.05, 0) is 23.6 Å². The Morgan fingerprint density at radius 2 is 1.94 bits per heavy atom. The standard InChI is InChI=1S/C24H26F2N4O2.CH3NO/c1-17-22(29-16-28-17)27-14-19-9-5-6-10-20(19)21-13-24(25,26)11-12-30(21)23(31)32-15-18-7-3-2-4-8-18;2-1-3/h2-10,16,21,27H,11-15H2,1H3,(H,28,29);1H,(H2,2,3). The molecular weight excluding hydrogens is 456 g/mol. The molecule has 2 heterocycles. The number of hydrogen-bond donors (Lipinski definition) is 3. The second kappa shape index (κ2) is 12.0. The molecule has 35 heavy (non-hydrogen) atoms. The molecule has 0 aliphatic carbocycles. The summed E-state index contributed by atoms with van der Waals surface area (Å²) in [4.78, 5) is 30.1. The van der Waals surface area contributed by atoms with Crippen LogP contribution in [0.3, 0.4) is 0 Å². The number of carbonyl (C=O) groups excluding carboxylic acids is 2. The Hall–Kier alpha value is -3.95. The zero-order valence-corrected chi connectivity index (χ0v) is 19.4. The first-order valence-corrected chi connectivity index (χ1v) is 11.2. The highest BCUT2D eigenvalue weighted by Crippen LogP contribution is 2.41. The van der Waals surface area contributed by atoms with Crippen molar-refractivity contribution in [3.8, 4) is 0 Å². The molecule has 1 atom stereocenters. The number of nitrogens with zero attached hydrogens (tertiary/aromatic N) is 2. The third-order valence-corrected chi connectivity index (χ3v) is 5.72. The molecule has 0 spiro atoms. The number of ether oxygens (including phenoxy) is 1. The number of benzene rings is 2. The first kappa shape index (κ1) is 25.7. The Balaban J connectivity index is 0.00000108. The fraction of sp³-hybridized carbons (Fsp3) is 0.320. The molecule has 1 unspecified atom stereocenters. The van der Waals surface area contributed by atoms with Gasteiger partial charge in [0.25, 0.3) is 5.92 Å². The predicted octanol–water partition coefficient (Wildman–Crippen LogP) is 4.54. The number of hydrogen-bond acceptors (Lipinski definition) is 5. The first-order chi connectivity index (χ1) is 16.8. The zero-order chi connectivity index (χ0) is 25.3. The number of rotatable bonds is 6. The number of nitrogens with one attached hydrogen (secondary N) is 2. The minimum Gasteiger partial charge on any atom is -0.445 e. The number of aromatic nitrogens is 2. The van der Waals surface area contributed by atoms with Crippen LogP contribution >= 0.6 is 0 Å². The summed E-state index contributed by atoms with van der Waals surface area (Å²) in [6.07, 6.45) is 0.443. The lowest BCUT2D eigenvalue weighted by Crippen LogP contribution is -2.45. The van der Waals surface area contributed by atoms with Crippen LogP contribution in [-0.2, 0) is 22.7 Å². The summed E-state index contributed by atoms with van der Waals surface area (Å²) >= 11 is 0. The molecule has 2 aromatic carbocycles. The largest absolute Gasteiger partial charge is 0.445 e. The summed E-state index contributed by atoms with van der Waals surface area (Å²) in [5.41, 5.74) is 7.42. The Bertz CT molecular complexity index is 1110. The van der Waals surface area contributed by atoms with Crippen molar-refractivity contribution >= 4 is 18.3 Å². The molecule has 1 aliphatic rings. The molecule has 8 nitrogen and oxygen atoms in total. The number of primary amides is 1. The molecule has 1 aromatic heterocycles. The van der Waals surface area contributed by atoms with Gasteiger partial charge in [-0.3, -0.25) is 4.79 Å². The fourth-order valence-electron chi connectivity index (χ4n) is 3.97. The summed E-state index contributed by atoms with van der Waals surface area (Å²) in [7, 11) is 0. The van der Waals surface area contributed by atoms with E-state index in [2.05, 4.69) is 21.0 Å². The molecule has 0 bridgehead atoms. The highest BCUT2D eigenvalue weighted by Gasteiger charge is 2.43. The van der Waals surface area contributed by atoms with Gasteiger partial charge in [-0.25, -0.2) is 18.6 Å². The molecule has 0 radical (unpaired) electrons. The molecule has 2 amide bonds. The van der Waals surface area contributed by atoms with Crippen molar-refractivity contribution in [3.05, 3.63) is 83.3 Å². The molecular formula is C25H29F2N5O3. The number of imidazole rings is 1. The van der Waals surface area contributed by atoms with Crippen LogP contribution < -0.4 is 11.1 Å². The van der Waals surface area contributed by atoms with Crippen LogP contribution in [-0.4, -0.2) is 39.8 Å². The van der Waals surface area contributed by atoms with Gasteiger partial charge in [-0.1, -0.05) is 54.6 Å².